The van der Waals surface area contributed by atoms with Crippen LogP contribution in [-0.2, 0) is 27.3 Å². The minimum Gasteiger partial charge on any atom is -0.493 e. The third kappa shape index (κ3) is 14.9. The summed E-state index contributed by atoms with van der Waals surface area (Å²) in [5, 5.41) is 2.85. The van der Waals surface area contributed by atoms with E-state index in [4.69, 9.17) is 0 Å². The fourth-order valence-corrected chi connectivity index (χ4v) is 6.89. The Morgan fingerprint density at radius 1 is 0.568 bits per heavy atom. The Balaban J connectivity index is 0.000000345. The average Bonchev–Trinajstić information content (AvgIpc) is 3.35. The van der Waals surface area contributed by atoms with E-state index >= 15 is 0 Å². The van der Waals surface area contributed by atoms with Crippen molar-refractivity contribution in [3.63, 3.8) is 0 Å². The topological polar surface area (TPSA) is 25.3 Å². The van der Waals surface area contributed by atoms with Crippen LogP contribution in [0.15, 0.2) is 60.2 Å². The van der Waals surface area contributed by atoms with Gasteiger partial charge in [0.05, 0.1) is 0 Å². The second kappa shape index (κ2) is 24.3. The summed E-state index contributed by atoms with van der Waals surface area (Å²) in [6.45, 7) is 11.1. The Labute approximate surface area is 278 Å². The van der Waals surface area contributed by atoms with Crippen LogP contribution < -0.4 is 0 Å². The van der Waals surface area contributed by atoms with Gasteiger partial charge >= 0.3 is 116 Å². The molecular formula is C41H64N2Ni. The van der Waals surface area contributed by atoms with Gasteiger partial charge in [-0.3, -0.25) is 0 Å². The molecule has 2 aromatic carbocycles. The van der Waals surface area contributed by atoms with E-state index in [-0.39, 0.29) is 0 Å². The SMILES string of the molecule is CCCCCCC[CH2][Ni][CH2]CCCCCCC.CCCCc1cccc(C2=CC(C)=C(c3cccc(CCCC)c3)[N+]2=[N-])c1. The van der Waals surface area contributed by atoms with E-state index in [0.29, 0.717) is 0 Å². The molecule has 2 nitrogen and oxygen atoms in total. The normalized spacial score (nSPS) is 12.9. The molecule has 44 heavy (non-hydrogen) atoms. The monoisotopic (exact) mass is 642 g/mol. The van der Waals surface area contributed by atoms with Crippen molar-refractivity contribution in [1.29, 1.82) is 0 Å². The molecule has 1 aliphatic rings. The van der Waals surface area contributed by atoms with Crippen molar-refractivity contribution >= 4 is 11.4 Å². The minimum absolute atomic E-state index is 0.861. The summed E-state index contributed by atoms with van der Waals surface area (Å²) in [5.74, 6) is 0. The zero-order chi connectivity index (χ0) is 31.8. The zero-order valence-electron chi connectivity index (χ0n) is 29.0. The second-order valence-electron chi connectivity index (χ2n) is 12.5. The van der Waals surface area contributed by atoms with Gasteiger partial charge in [0.1, 0.15) is 0 Å². The molecule has 0 fully saturated rings. The Hall–Kier alpha value is -1.99. The molecule has 0 radical (unpaired) electrons. The van der Waals surface area contributed by atoms with Crippen LogP contribution in [0.4, 0.5) is 0 Å². The van der Waals surface area contributed by atoms with Crippen LogP contribution in [0.2, 0.25) is 10.8 Å². The van der Waals surface area contributed by atoms with Gasteiger partial charge in [0.25, 0.3) is 0 Å². The number of benzene rings is 2. The average molecular weight is 644 g/mol. The summed E-state index contributed by atoms with van der Waals surface area (Å²) < 4.78 is 1.37. The Bertz CT molecular complexity index is 1110. The van der Waals surface area contributed by atoms with Crippen LogP contribution in [0.3, 0.4) is 0 Å². The van der Waals surface area contributed by atoms with Gasteiger partial charge in [-0.1, -0.05) is 51.0 Å². The summed E-state index contributed by atoms with van der Waals surface area (Å²) in [7, 11) is 0. The number of aryl methyl sites for hydroxylation is 2. The van der Waals surface area contributed by atoms with E-state index in [1.807, 2.05) is 14.4 Å². The van der Waals surface area contributed by atoms with Crippen molar-refractivity contribution in [1.82, 2.24) is 0 Å². The van der Waals surface area contributed by atoms with Crippen molar-refractivity contribution in [2.45, 2.75) is 161 Å². The van der Waals surface area contributed by atoms with E-state index in [1.165, 1.54) is 129 Å². The summed E-state index contributed by atoms with van der Waals surface area (Å²) >= 11 is 2.01. The van der Waals surface area contributed by atoms with Gasteiger partial charge in [-0.2, -0.15) is 0 Å². The van der Waals surface area contributed by atoms with Gasteiger partial charge in [-0.25, -0.2) is 4.70 Å². The maximum atomic E-state index is 11.0. The summed E-state index contributed by atoms with van der Waals surface area (Å²) in [6, 6.07) is 17.1. The van der Waals surface area contributed by atoms with E-state index in [1.54, 1.807) is 0 Å². The second-order valence-corrected chi connectivity index (χ2v) is 14.0. The number of rotatable bonds is 22. The number of allylic oxidation sites excluding steroid dienone is 2. The molecule has 0 unspecified atom stereocenters. The first-order valence-electron chi connectivity index (χ1n) is 18.1. The van der Waals surface area contributed by atoms with Crippen molar-refractivity contribution in [2.75, 3.05) is 0 Å². The molecule has 0 N–H and O–H groups in total. The minimum atomic E-state index is 0.861. The van der Waals surface area contributed by atoms with Gasteiger partial charge in [0.15, 0.2) is 0 Å². The third-order valence-corrected chi connectivity index (χ3v) is 9.78. The number of hydrogen-bond acceptors (Lipinski definition) is 0. The van der Waals surface area contributed by atoms with Crippen molar-refractivity contribution in [2.24, 2.45) is 0 Å². The summed E-state index contributed by atoms with van der Waals surface area (Å²) in [6.07, 6.45) is 26.3. The Kier molecular flexibility index (Phi) is 21.1. The first-order chi connectivity index (χ1) is 21.5. The maximum Gasteiger partial charge on any atom is 0.210 e. The molecular weight excluding hydrogens is 579 g/mol. The quantitative estimate of drug-likeness (QED) is 0.0693. The van der Waals surface area contributed by atoms with Crippen LogP contribution >= 0.6 is 0 Å². The van der Waals surface area contributed by atoms with Crippen LogP contribution in [0, 0.1) is 0 Å². The Morgan fingerprint density at radius 3 is 1.55 bits per heavy atom. The van der Waals surface area contributed by atoms with Gasteiger partial charge in [0.2, 0.25) is 11.4 Å². The van der Waals surface area contributed by atoms with E-state index in [9.17, 15) is 5.53 Å². The predicted octanol–water partition coefficient (Wildman–Crippen LogP) is 13.8. The van der Waals surface area contributed by atoms with Crippen LogP contribution in [-0.4, -0.2) is 4.70 Å². The zero-order valence-corrected chi connectivity index (χ0v) is 30.0. The molecule has 2 aromatic rings. The molecule has 1 aliphatic heterocycles. The maximum absolute atomic E-state index is 11.0. The van der Waals surface area contributed by atoms with E-state index < -0.39 is 0 Å². The molecule has 1 heterocycles. The molecule has 0 saturated heterocycles. The summed E-state index contributed by atoms with van der Waals surface area (Å²) in [5.41, 5.74) is 18.6. The first kappa shape index (κ1) is 38.2. The fourth-order valence-electron chi connectivity index (χ4n) is 5.66. The first-order valence-corrected chi connectivity index (χ1v) is 19.5. The molecule has 3 heteroatoms. The van der Waals surface area contributed by atoms with E-state index in [2.05, 4.69) is 89.2 Å². The molecule has 0 amide bonds. The fraction of sp³-hybridized carbons (Fsp3) is 0.610. The molecule has 248 valence electrons. The largest absolute Gasteiger partial charge is 0.493 e. The van der Waals surface area contributed by atoms with Crippen molar-refractivity contribution in [3.8, 4) is 0 Å². The standard InChI is InChI=1S/C25H30N2.2C8H17.Ni/c1-4-6-10-20-12-8-14-22(17-20)24-16-19(3)25(27(24)26)23-15-9-13-21(18-23)11-7-5-2;2*1-3-5-7-8-6-4-2;/h8-9,12-18H,4-7,10-11H2,1-3H3;2*1,3-8H2,2H3;. The van der Waals surface area contributed by atoms with Crippen LogP contribution in [0.5, 0.6) is 0 Å². The summed E-state index contributed by atoms with van der Waals surface area (Å²) in [4.78, 5) is 0. The molecule has 0 aromatic heterocycles. The molecule has 0 aliphatic carbocycles. The van der Waals surface area contributed by atoms with Gasteiger partial charge in [0, 0.05) is 22.8 Å². The third-order valence-electron chi connectivity index (χ3n) is 8.38. The Morgan fingerprint density at radius 2 is 1.02 bits per heavy atom. The molecule has 0 spiro atoms. The van der Waals surface area contributed by atoms with Crippen molar-refractivity contribution < 1.29 is 19.1 Å². The number of nitrogens with zero attached hydrogens (tertiary/aromatic N) is 2. The molecule has 0 saturated carbocycles. The number of hydrogen-bond donors (Lipinski definition) is 0. The molecule has 0 bridgehead atoms. The molecule has 0 atom stereocenters. The van der Waals surface area contributed by atoms with Crippen molar-refractivity contribution in [3.05, 3.63) is 88.0 Å². The molecule has 3 rings (SSSR count). The van der Waals surface area contributed by atoms with Gasteiger partial charge in [-0.05, 0) is 68.0 Å². The van der Waals surface area contributed by atoms with E-state index in [0.717, 1.165) is 40.9 Å². The van der Waals surface area contributed by atoms with Crippen LogP contribution in [0.1, 0.15) is 160 Å². The predicted molar refractivity (Wildman–Crippen MR) is 191 cm³/mol. The van der Waals surface area contributed by atoms with Crippen LogP contribution in [0.25, 0.3) is 16.9 Å². The number of unbranched alkanes of at least 4 members (excludes halogenated alkanes) is 12. The van der Waals surface area contributed by atoms with Gasteiger partial charge < -0.3 is 5.53 Å². The smallest absolute Gasteiger partial charge is 0.210 e. The van der Waals surface area contributed by atoms with Gasteiger partial charge in [-0.15, -0.1) is 0 Å².